The van der Waals surface area contributed by atoms with E-state index in [1.54, 1.807) is 25.1 Å². The molecule has 2 aromatic heterocycles. The van der Waals surface area contributed by atoms with E-state index in [-0.39, 0.29) is 23.0 Å². The van der Waals surface area contributed by atoms with Gasteiger partial charge in [0.05, 0.1) is 11.3 Å². The number of amides is 1. The van der Waals surface area contributed by atoms with Crippen molar-refractivity contribution in [3.8, 4) is 0 Å². The lowest BCUT2D eigenvalue weighted by Gasteiger charge is -2.40. The molecule has 10 heteroatoms. The summed E-state index contributed by atoms with van der Waals surface area (Å²) in [7, 11) is 11.4. The molecule has 3 aromatic rings. The van der Waals surface area contributed by atoms with Crippen LogP contribution in [0.1, 0.15) is 60.7 Å². The summed E-state index contributed by atoms with van der Waals surface area (Å²) >= 11 is 0. The van der Waals surface area contributed by atoms with Gasteiger partial charge in [-0.25, -0.2) is 14.4 Å². The van der Waals surface area contributed by atoms with Crippen LogP contribution in [-0.2, 0) is 23.8 Å². The molecule has 4 rings (SSSR count). The highest BCUT2D eigenvalue weighted by atomic mass is 31.0. The van der Waals surface area contributed by atoms with E-state index >= 15 is 4.39 Å². The largest absolute Gasteiger partial charge is 0.373 e. The third kappa shape index (κ3) is 4.71. The van der Waals surface area contributed by atoms with Crippen LogP contribution in [0.3, 0.4) is 0 Å². The average Bonchev–Trinajstić information content (AvgIpc) is 2.86. The SMILES string of the molecule is [B]C(=O)N1CCC(OC)(c2cc3c(C[C@H](C)c4cccc(C(C)P)c4F)ncnc3n(C)c2=O)CC1. The highest BCUT2D eigenvalue weighted by molar-refractivity contribution is 7.17. The molecule has 1 aliphatic rings. The molecule has 2 radical (unpaired) electrons. The molecule has 3 atom stereocenters. The molecule has 2 unspecified atom stereocenters. The lowest BCUT2D eigenvalue weighted by Crippen LogP contribution is -2.48. The molecule has 7 nitrogen and oxygen atoms in total. The van der Waals surface area contributed by atoms with Crippen LogP contribution in [0.4, 0.5) is 9.18 Å². The molecule has 188 valence electrons. The number of methoxy groups -OCH3 is 1. The standard InChI is InChI=1S/C26H31BFN4O3P/c1-15(17-6-5-7-18(16(2)36)22(17)28)12-21-19-13-20(24(33)31(3)23(19)30-14-29-21)26(35-4)8-10-32(11-9-26)25(27)34/h5-7,13-16H,8-12,36H2,1-4H3/t15-,16?/m0/s1. The van der Waals surface area contributed by atoms with Gasteiger partial charge in [-0.15, -0.1) is 9.24 Å². The van der Waals surface area contributed by atoms with Gasteiger partial charge in [0.1, 0.15) is 23.4 Å². The van der Waals surface area contributed by atoms with Crippen LogP contribution in [0.2, 0.25) is 0 Å². The van der Waals surface area contributed by atoms with E-state index in [0.717, 1.165) is 11.1 Å². The van der Waals surface area contributed by atoms with Crippen molar-refractivity contribution in [3.63, 3.8) is 0 Å². The second-order valence-corrected chi connectivity index (χ2v) is 10.6. The number of benzene rings is 1. The van der Waals surface area contributed by atoms with Gasteiger partial charge in [-0.2, -0.15) is 0 Å². The molecule has 1 saturated heterocycles. The van der Waals surface area contributed by atoms with Crippen molar-refractivity contribution in [2.45, 2.75) is 50.3 Å². The van der Waals surface area contributed by atoms with E-state index in [1.165, 1.54) is 10.9 Å². The molecular formula is C26H31BFN4O3P. The monoisotopic (exact) mass is 508 g/mol. The summed E-state index contributed by atoms with van der Waals surface area (Å²) < 4.78 is 22.7. The zero-order valence-electron chi connectivity index (χ0n) is 21.1. The Hall–Kier alpha value is -2.64. The van der Waals surface area contributed by atoms with Crippen molar-refractivity contribution in [1.82, 2.24) is 19.4 Å². The molecule has 0 bridgehead atoms. The van der Waals surface area contributed by atoms with Gasteiger partial charge in [0.15, 0.2) is 5.81 Å². The van der Waals surface area contributed by atoms with Gasteiger partial charge in [-0.05, 0) is 48.0 Å². The van der Waals surface area contributed by atoms with Gasteiger partial charge >= 0.3 is 0 Å². The summed E-state index contributed by atoms with van der Waals surface area (Å²) in [6.07, 6.45) is 2.80. The van der Waals surface area contributed by atoms with Crippen molar-refractivity contribution < 1.29 is 13.9 Å². The topological polar surface area (TPSA) is 77.3 Å². The fourth-order valence-corrected chi connectivity index (χ4v) is 5.44. The van der Waals surface area contributed by atoms with Gasteiger partial charge in [-0.3, -0.25) is 14.2 Å². The van der Waals surface area contributed by atoms with E-state index < -0.39 is 11.4 Å². The predicted octanol–water partition coefficient (Wildman–Crippen LogP) is 3.98. The Morgan fingerprint density at radius 3 is 2.53 bits per heavy atom. The third-order valence-electron chi connectivity index (χ3n) is 7.43. The number of fused-ring (bicyclic) bond motifs is 1. The van der Waals surface area contributed by atoms with Crippen LogP contribution < -0.4 is 5.56 Å². The van der Waals surface area contributed by atoms with Crippen LogP contribution >= 0.6 is 9.24 Å². The number of halogens is 1. The minimum absolute atomic E-state index is 0.000304. The van der Waals surface area contributed by atoms with Crippen LogP contribution in [0.15, 0.2) is 35.4 Å². The molecule has 0 aliphatic carbocycles. The number of pyridine rings is 1. The summed E-state index contributed by atoms with van der Waals surface area (Å²) in [4.78, 5) is 35.5. The molecule has 0 spiro atoms. The number of rotatable bonds is 6. The third-order valence-corrected chi connectivity index (χ3v) is 7.79. The summed E-state index contributed by atoms with van der Waals surface area (Å²) in [6, 6.07) is 7.32. The van der Waals surface area contributed by atoms with E-state index in [1.807, 2.05) is 32.0 Å². The number of hydrogen-bond acceptors (Lipinski definition) is 5. The Bertz CT molecular complexity index is 1360. The molecule has 1 fully saturated rings. The molecule has 36 heavy (non-hydrogen) atoms. The lowest BCUT2D eigenvalue weighted by molar-refractivity contribution is -0.0553. The maximum Gasteiger partial charge on any atom is 0.258 e. The maximum atomic E-state index is 15.3. The zero-order valence-corrected chi connectivity index (χ0v) is 22.3. The first-order valence-electron chi connectivity index (χ1n) is 12.1. The summed E-state index contributed by atoms with van der Waals surface area (Å²) in [5.74, 6) is -0.829. The zero-order chi connectivity index (χ0) is 26.2. The number of hydrogen-bond donors (Lipinski definition) is 0. The quantitative estimate of drug-likeness (QED) is 0.372. The van der Waals surface area contributed by atoms with E-state index in [9.17, 15) is 9.59 Å². The molecule has 1 amide bonds. The smallest absolute Gasteiger partial charge is 0.258 e. The maximum absolute atomic E-state index is 15.3. The fourth-order valence-electron chi connectivity index (χ4n) is 5.18. The Morgan fingerprint density at radius 1 is 1.25 bits per heavy atom. The van der Waals surface area contributed by atoms with Gasteiger partial charge in [0.25, 0.3) is 5.56 Å². The summed E-state index contributed by atoms with van der Waals surface area (Å²) in [5, 5.41) is 0.728. The Balaban J connectivity index is 1.77. The number of carbonyl (C=O) groups excluding carboxylic acids is 1. The molecule has 3 heterocycles. The van der Waals surface area contributed by atoms with Gasteiger partial charge < -0.3 is 9.64 Å². The second-order valence-electron chi connectivity index (χ2n) is 9.65. The minimum Gasteiger partial charge on any atom is -0.373 e. The number of nitrogens with zero attached hydrogens (tertiary/aromatic N) is 4. The summed E-state index contributed by atoms with van der Waals surface area (Å²) in [6.45, 7) is 4.70. The van der Waals surface area contributed by atoms with Crippen molar-refractivity contribution >= 4 is 33.9 Å². The van der Waals surface area contributed by atoms with Gasteiger partial charge in [-0.1, -0.05) is 32.0 Å². The van der Waals surface area contributed by atoms with E-state index in [4.69, 9.17) is 12.6 Å². The first-order valence-corrected chi connectivity index (χ1v) is 12.7. The Labute approximate surface area is 214 Å². The van der Waals surface area contributed by atoms with Crippen molar-refractivity contribution in [2.24, 2.45) is 7.05 Å². The van der Waals surface area contributed by atoms with Crippen LogP contribution in [-0.4, -0.2) is 53.3 Å². The van der Waals surface area contributed by atoms with Gasteiger partial charge in [0, 0.05) is 32.6 Å². The number of ether oxygens (including phenoxy) is 1. The average molecular weight is 508 g/mol. The molecule has 1 aliphatic heterocycles. The highest BCUT2D eigenvalue weighted by Crippen LogP contribution is 2.36. The second kappa shape index (κ2) is 10.4. The molecule has 0 saturated carbocycles. The van der Waals surface area contributed by atoms with E-state index in [0.29, 0.717) is 54.7 Å². The van der Waals surface area contributed by atoms with Crippen LogP contribution in [0.5, 0.6) is 0 Å². The van der Waals surface area contributed by atoms with Crippen molar-refractivity contribution in [2.75, 3.05) is 20.2 Å². The first kappa shape index (κ1) is 26.4. The van der Waals surface area contributed by atoms with E-state index in [2.05, 4.69) is 19.2 Å². The number of likely N-dealkylation sites (tertiary alicyclic amines) is 1. The number of carbonyl (C=O) groups is 1. The number of piperidine rings is 1. The van der Waals surface area contributed by atoms with Crippen molar-refractivity contribution in [1.29, 1.82) is 0 Å². The summed E-state index contributed by atoms with van der Waals surface area (Å²) in [5.41, 5.74) is 1.96. The first-order chi connectivity index (χ1) is 17.1. The molecule has 1 aromatic carbocycles. The highest BCUT2D eigenvalue weighted by Gasteiger charge is 2.39. The normalized spacial score (nSPS) is 17.2. The van der Waals surface area contributed by atoms with Crippen LogP contribution in [0, 0.1) is 5.82 Å². The van der Waals surface area contributed by atoms with Crippen LogP contribution in [0.25, 0.3) is 11.0 Å². The fraction of sp³-hybridized carbons (Fsp3) is 0.462. The predicted molar refractivity (Wildman–Crippen MR) is 142 cm³/mol. The number of aryl methyl sites for hydroxylation is 1. The Kier molecular flexibility index (Phi) is 7.63. The number of aromatic nitrogens is 3. The minimum atomic E-state index is -0.858. The Morgan fingerprint density at radius 2 is 1.92 bits per heavy atom. The molecule has 0 N–H and O–H groups in total. The van der Waals surface area contributed by atoms with Gasteiger partial charge in [0.2, 0.25) is 7.85 Å². The lowest BCUT2D eigenvalue weighted by atomic mass is 9.83. The molecular weight excluding hydrogens is 477 g/mol. The van der Waals surface area contributed by atoms with Crippen molar-refractivity contribution in [3.05, 3.63) is 69.1 Å².